The molecule has 152 valence electrons. The molecule has 29 heavy (non-hydrogen) atoms. The van der Waals surface area contributed by atoms with E-state index in [1.165, 1.54) is 30.2 Å². The smallest absolute Gasteiger partial charge is 0.340 e. The maximum absolute atomic E-state index is 12.4. The van der Waals surface area contributed by atoms with Crippen LogP contribution in [0.1, 0.15) is 34.5 Å². The highest BCUT2D eigenvalue weighted by atomic mass is 32.2. The molecule has 2 aromatic heterocycles. The number of carbonyl (C=O) groups is 1. The molecule has 0 amide bonds. The van der Waals surface area contributed by atoms with Crippen molar-refractivity contribution in [3.05, 3.63) is 41.1 Å². The molecule has 0 radical (unpaired) electrons. The highest BCUT2D eigenvalue weighted by Gasteiger charge is 2.20. The molecule has 0 bridgehead atoms. The fraction of sp³-hybridized carbons (Fsp3) is 0.400. The quantitative estimate of drug-likeness (QED) is 0.444. The van der Waals surface area contributed by atoms with Crippen LogP contribution < -0.4 is 5.32 Å². The molecule has 1 aliphatic rings. The predicted octanol–water partition coefficient (Wildman–Crippen LogP) is 4.06. The van der Waals surface area contributed by atoms with Gasteiger partial charge in [0.15, 0.2) is 4.34 Å². The molecule has 1 atom stereocenters. The minimum atomic E-state index is -0.368. The predicted molar refractivity (Wildman–Crippen MR) is 115 cm³/mol. The van der Waals surface area contributed by atoms with E-state index in [0.717, 1.165) is 51.9 Å². The molecule has 1 N–H and O–H groups in total. The Morgan fingerprint density at radius 2 is 2.24 bits per heavy atom. The highest BCUT2D eigenvalue weighted by Crippen LogP contribution is 2.31. The molecule has 0 aliphatic carbocycles. The fourth-order valence-electron chi connectivity index (χ4n) is 3.39. The molecule has 1 fully saturated rings. The van der Waals surface area contributed by atoms with E-state index in [1.54, 1.807) is 0 Å². The summed E-state index contributed by atoms with van der Waals surface area (Å²) < 4.78 is 11.4. The van der Waals surface area contributed by atoms with E-state index in [2.05, 4.69) is 15.5 Å². The summed E-state index contributed by atoms with van der Waals surface area (Å²) in [6.45, 7) is 3.52. The van der Waals surface area contributed by atoms with E-state index in [0.29, 0.717) is 17.0 Å². The number of nitrogens with zero attached hydrogens (tertiary/aromatic N) is 3. The number of hydrogen-bond donors (Lipinski definition) is 1. The Kier molecular flexibility index (Phi) is 6.27. The van der Waals surface area contributed by atoms with E-state index < -0.39 is 0 Å². The molecule has 7 nitrogen and oxygen atoms in total. The standard InChI is InChI=1S/C20H22N4O3S2/c1-12-14-7-3-4-8-15(14)22-16(17(12)18(25)26-2)11-28-20-24-23-19(29-20)21-10-13-6-5-9-27-13/h3-4,7-8,13H,5-6,9-11H2,1-2H3,(H,21,23)/t13-/m1/s1. The first-order chi connectivity index (χ1) is 14.2. The molecular weight excluding hydrogens is 408 g/mol. The first-order valence-electron chi connectivity index (χ1n) is 9.44. The number of carbonyl (C=O) groups excluding carboxylic acids is 1. The lowest BCUT2D eigenvalue weighted by Crippen LogP contribution is -2.18. The van der Waals surface area contributed by atoms with E-state index in [-0.39, 0.29) is 12.1 Å². The molecule has 3 aromatic rings. The molecule has 4 rings (SSSR count). The Morgan fingerprint density at radius 3 is 3.03 bits per heavy atom. The normalized spacial score (nSPS) is 16.3. The second-order valence-corrected chi connectivity index (χ2v) is 8.94. The zero-order valence-electron chi connectivity index (χ0n) is 16.3. The van der Waals surface area contributed by atoms with Crippen LogP contribution in [-0.4, -0.2) is 47.5 Å². The third-order valence-electron chi connectivity index (χ3n) is 4.86. The van der Waals surface area contributed by atoms with Crippen molar-refractivity contribution < 1.29 is 14.3 Å². The van der Waals surface area contributed by atoms with Crippen LogP contribution >= 0.6 is 23.1 Å². The number of para-hydroxylation sites is 1. The Bertz CT molecular complexity index is 1020. The number of fused-ring (bicyclic) bond motifs is 1. The maximum atomic E-state index is 12.4. The van der Waals surface area contributed by atoms with Gasteiger partial charge < -0.3 is 14.8 Å². The number of esters is 1. The van der Waals surface area contributed by atoms with Crippen LogP contribution in [-0.2, 0) is 15.2 Å². The van der Waals surface area contributed by atoms with E-state index in [1.807, 2.05) is 31.2 Å². The molecule has 0 saturated carbocycles. The van der Waals surface area contributed by atoms with Gasteiger partial charge in [-0.1, -0.05) is 41.3 Å². The van der Waals surface area contributed by atoms with Gasteiger partial charge in [-0.05, 0) is 31.4 Å². The Labute approximate surface area is 177 Å². The van der Waals surface area contributed by atoms with Crippen molar-refractivity contribution in [2.24, 2.45) is 0 Å². The zero-order valence-corrected chi connectivity index (χ0v) is 17.9. The Morgan fingerprint density at radius 1 is 1.38 bits per heavy atom. The average Bonchev–Trinajstić information content (AvgIpc) is 3.42. The molecule has 1 aromatic carbocycles. The first kappa shape index (κ1) is 20.1. The number of thioether (sulfide) groups is 1. The van der Waals surface area contributed by atoms with E-state index in [4.69, 9.17) is 14.5 Å². The van der Waals surface area contributed by atoms with Crippen molar-refractivity contribution in [3.8, 4) is 0 Å². The van der Waals surface area contributed by atoms with E-state index >= 15 is 0 Å². The monoisotopic (exact) mass is 430 g/mol. The number of aromatic nitrogens is 3. The van der Waals surface area contributed by atoms with Crippen LogP contribution in [0.25, 0.3) is 10.9 Å². The van der Waals surface area contributed by atoms with Crippen LogP contribution in [0.2, 0.25) is 0 Å². The lowest BCUT2D eigenvalue weighted by molar-refractivity contribution is 0.0598. The number of ether oxygens (including phenoxy) is 2. The summed E-state index contributed by atoms with van der Waals surface area (Å²) in [4.78, 5) is 17.1. The summed E-state index contributed by atoms with van der Waals surface area (Å²) >= 11 is 3.01. The molecule has 3 heterocycles. The Balaban J connectivity index is 1.49. The van der Waals surface area contributed by atoms with E-state index in [9.17, 15) is 4.79 Å². The maximum Gasteiger partial charge on any atom is 0.340 e. The SMILES string of the molecule is COC(=O)c1c(CSc2nnc(NC[C@H]3CCCO3)s2)nc2ccccc2c1C. The van der Waals surface area contributed by atoms with Crippen molar-refractivity contribution in [3.63, 3.8) is 0 Å². The van der Waals surface area contributed by atoms with Crippen LogP contribution in [0.5, 0.6) is 0 Å². The number of hydrogen-bond acceptors (Lipinski definition) is 9. The summed E-state index contributed by atoms with van der Waals surface area (Å²) in [5, 5.41) is 13.5. The van der Waals surface area contributed by atoms with Gasteiger partial charge in [-0.3, -0.25) is 4.98 Å². The second-order valence-electron chi connectivity index (χ2n) is 6.74. The number of nitrogens with one attached hydrogen (secondary N) is 1. The van der Waals surface area contributed by atoms with Gasteiger partial charge in [0, 0.05) is 24.3 Å². The minimum absolute atomic E-state index is 0.252. The van der Waals surface area contributed by atoms with Crippen molar-refractivity contribution in [1.29, 1.82) is 0 Å². The average molecular weight is 431 g/mol. The van der Waals surface area contributed by atoms with Crippen LogP contribution in [0.3, 0.4) is 0 Å². The largest absolute Gasteiger partial charge is 0.465 e. The van der Waals surface area contributed by atoms with Crippen LogP contribution in [0, 0.1) is 6.92 Å². The van der Waals surface area contributed by atoms with Crippen LogP contribution in [0.15, 0.2) is 28.6 Å². The van der Waals surface area contributed by atoms with Gasteiger partial charge in [-0.15, -0.1) is 10.2 Å². The summed E-state index contributed by atoms with van der Waals surface area (Å²) in [6.07, 6.45) is 2.45. The van der Waals surface area contributed by atoms with Gasteiger partial charge in [-0.2, -0.15) is 0 Å². The lowest BCUT2D eigenvalue weighted by atomic mass is 10.0. The zero-order chi connectivity index (χ0) is 20.2. The van der Waals surface area contributed by atoms with Crippen LogP contribution in [0.4, 0.5) is 5.13 Å². The number of rotatable bonds is 7. The minimum Gasteiger partial charge on any atom is -0.465 e. The topological polar surface area (TPSA) is 86.2 Å². The number of pyridine rings is 1. The Hall–Kier alpha value is -2.23. The van der Waals surface area contributed by atoms with Crippen molar-refractivity contribution in [2.45, 2.75) is 36.0 Å². The third kappa shape index (κ3) is 4.52. The molecule has 1 aliphatic heterocycles. The number of methoxy groups -OCH3 is 1. The summed E-state index contributed by atoms with van der Waals surface area (Å²) in [7, 11) is 1.39. The van der Waals surface area contributed by atoms with Gasteiger partial charge in [0.2, 0.25) is 5.13 Å². The summed E-state index contributed by atoms with van der Waals surface area (Å²) in [6, 6.07) is 7.81. The molecule has 9 heteroatoms. The van der Waals surface area contributed by atoms with Crippen molar-refractivity contribution in [2.75, 3.05) is 25.6 Å². The van der Waals surface area contributed by atoms with Gasteiger partial charge >= 0.3 is 5.97 Å². The summed E-state index contributed by atoms with van der Waals surface area (Å²) in [5.74, 6) is 0.142. The van der Waals surface area contributed by atoms with Gasteiger partial charge in [0.05, 0.1) is 30.0 Å². The van der Waals surface area contributed by atoms with Gasteiger partial charge in [0.1, 0.15) is 0 Å². The molecular formula is C20H22N4O3S2. The molecule has 1 saturated heterocycles. The lowest BCUT2D eigenvalue weighted by Gasteiger charge is -2.12. The highest BCUT2D eigenvalue weighted by molar-refractivity contribution is 8.00. The second kappa shape index (κ2) is 9.06. The van der Waals surface area contributed by atoms with Gasteiger partial charge in [0.25, 0.3) is 0 Å². The number of anilines is 1. The van der Waals surface area contributed by atoms with Crippen molar-refractivity contribution >= 4 is 45.1 Å². The molecule has 0 spiro atoms. The van der Waals surface area contributed by atoms with Gasteiger partial charge in [-0.25, -0.2) is 4.79 Å². The fourth-order valence-corrected chi connectivity index (χ4v) is 5.10. The number of benzene rings is 1. The molecule has 0 unspecified atom stereocenters. The number of aryl methyl sites for hydroxylation is 1. The summed E-state index contributed by atoms with van der Waals surface area (Å²) in [5.41, 5.74) is 2.97. The third-order valence-corrected chi connectivity index (χ3v) is 6.89. The van der Waals surface area contributed by atoms with Crippen molar-refractivity contribution in [1.82, 2.24) is 15.2 Å². The first-order valence-corrected chi connectivity index (χ1v) is 11.2.